The minimum Gasteiger partial charge on any atom is -0.339 e. The molecule has 5 heteroatoms. The van der Waals surface area contributed by atoms with E-state index in [0.29, 0.717) is 37.6 Å². The first-order valence-electron chi connectivity index (χ1n) is 7.45. The van der Waals surface area contributed by atoms with E-state index in [2.05, 4.69) is 0 Å². The number of carbonyl (C=O) groups is 2. The van der Waals surface area contributed by atoms with Crippen LogP contribution in [0.1, 0.15) is 18.4 Å². The van der Waals surface area contributed by atoms with E-state index in [1.807, 2.05) is 28.0 Å². The molecule has 0 N–H and O–H groups in total. The number of benzene rings is 1. The molecule has 1 saturated carbocycles. The molecule has 3 rings (SSSR count). The summed E-state index contributed by atoms with van der Waals surface area (Å²) >= 11 is 6.09. The van der Waals surface area contributed by atoms with Gasteiger partial charge in [-0.25, -0.2) is 0 Å². The maximum atomic E-state index is 12.3. The molecular formula is C16H19ClN2O2. The van der Waals surface area contributed by atoms with E-state index in [-0.39, 0.29) is 17.7 Å². The Hall–Kier alpha value is -1.55. The van der Waals surface area contributed by atoms with Crippen LogP contribution in [0.3, 0.4) is 0 Å². The van der Waals surface area contributed by atoms with Gasteiger partial charge in [0.15, 0.2) is 0 Å². The molecule has 0 radical (unpaired) electrons. The topological polar surface area (TPSA) is 40.6 Å². The molecular weight excluding hydrogens is 288 g/mol. The van der Waals surface area contributed by atoms with Crippen LogP contribution in [0.4, 0.5) is 0 Å². The fraction of sp³-hybridized carbons (Fsp3) is 0.500. The van der Waals surface area contributed by atoms with Crippen molar-refractivity contribution < 1.29 is 9.59 Å². The molecule has 0 aromatic heterocycles. The van der Waals surface area contributed by atoms with Gasteiger partial charge in [0.1, 0.15) is 0 Å². The first-order chi connectivity index (χ1) is 10.1. The molecule has 0 bridgehead atoms. The van der Waals surface area contributed by atoms with E-state index in [1.54, 1.807) is 6.07 Å². The smallest absolute Gasteiger partial charge is 0.227 e. The predicted molar refractivity (Wildman–Crippen MR) is 81.0 cm³/mol. The van der Waals surface area contributed by atoms with Crippen molar-refractivity contribution in [2.24, 2.45) is 5.92 Å². The molecule has 1 heterocycles. The summed E-state index contributed by atoms with van der Waals surface area (Å²) in [5.74, 6) is 0.616. The van der Waals surface area contributed by atoms with E-state index < -0.39 is 0 Å². The van der Waals surface area contributed by atoms with Crippen LogP contribution in [-0.4, -0.2) is 47.8 Å². The summed E-state index contributed by atoms with van der Waals surface area (Å²) in [4.78, 5) is 28.0. The molecule has 1 saturated heterocycles. The van der Waals surface area contributed by atoms with Crippen LogP contribution >= 0.6 is 11.6 Å². The monoisotopic (exact) mass is 306 g/mol. The van der Waals surface area contributed by atoms with Crippen LogP contribution < -0.4 is 0 Å². The van der Waals surface area contributed by atoms with Gasteiger partial charge in [-0.3, -0.25) is 9.59 Å². The SMILES string of the molecule is O=C(Cc1ccccc1Cl)N1CCN(C(=O)C2CC2)CC1. The van der Waals surface area contributed by atoms with Crippen molar-refractivity contribution >= 4 is 23.4 Å². The van der Waals surface area contributed by atoms with Gasteiger partial charge in [-0.2, -0.15) is 0 Å². The Morgan fingerprint density at radius 1 is 1.05 bits per heavy atom. The number of halogens is 1. The Morgan fingerprint density at radius 3 is 2.29 bits per heavy atom. The van der Waals surface area contributed by atoms with Crippen LogP contribution in [-0.2, 0) is 16.0 Å². The van der Waals surface area contributed by atoms with Gasteiger partial charge in [-0.15, -0.1) is 0 Å². The molecule has 112 valence electrons. The highest BCUT2D eigenvalue weighted by Crippen LogP contribution is 2.31. The highest BCUT2D eigenvalue weighted by atomic mass is 35.5. The Morgan fingerprint density at radius 2 is 1.67 bits per heavy atom. The second-order valence-electron chi connectivity index (χ2n) is 5.75. The lowest BCUT2D eigenvalue weighted by Gasteiger charge is -2.35. The van der Waals surface area contributed by atoms with Gasteiger partial charge in [0.05, 0.1) is 6.42 Å². The summed E-state index contributed by atoms with van der Waals surface area (Å²) in [6.45, 7) is 2.57. The third-order valence-electron chi connectivity index (χ3n) is 4.17. The van der Waals surface area contributed by atoms with Gasteiger partial charge in [0.25, 0.3) is 0 Å². The van der Waals surface area contributed by atoms with E-state index >= 15 is 0 Å². The first kappa shape index (κ1) is 14.4. The third-order valence-corrected chi connectivity index (χ3v) is 4.54. The van der Waals surface area contributed by atoms with E-state index in [9.17, 15) is 9.59 Å². The third kappa shape index (κ3) is 3.38. The zero-order valence-corrected chi connectivity index (χ0v) is 12.7. The minimum absolute atomic E-state index is 0.0848. The van der Waals surface area contributed by atoms with Gasteiger partial charge >= 0.3 is 0 Å². The van der Waals surface area contributed by atoms with E-state index in [4.69, 9.17) is 11.6 Å². The molecule has 0 atom stereocenters. The maximum Gasteiger partial charge on any atom is 0.227 e. The normalized spacial score (nSPS) is 18.7. The number of nitrogens with zero attached hydrogens (tertiary/aromatic N) is 2. The van der Waals surface area contributed by atoms with Gasteiger partial charge in [0, 0.05) is 37.1 Å². The summed E-state index contributed by atoms with van der Waals surface area (Å²) in [5, 5.41) is 0.633. The van der Waals surface area contributed by atoms with Gasteiger partial charge < -0.3 is 9.80 Å². The zero-order valence-electron chi connectivity index (χ0n) is 11.9. The molecule has 0 unspecified atom stereocenters. The standard InChI is InChI=1S/C16H19ClN2O2/c17-14-4-2-1-3-13(14)11-15(20)18-7-9-19(10-8-18)16(21)12-5-6-12/h1-4,12H,5-11H2. The first-order valence-corrected chi connectivity index (χ1v) is 7.83. The fourth-order valence-corrected chi connectivity index (χ4v) is 2.88. The van der Waals surface area contributed by atoms with E-state index in [1.165, 1.54) is 0 Å². The second kappa shape index (κ2) is 6.06. The Kier molecular flexibility index (Phi) is 4.15. The predicted octanol–water partition coefficient (Wildman–Crippen LogP) is 1.96. The molecule has 2 amide bonds. The number of hydrogen-bond donors (Lipinski definition) is 0. The Labute approximate surface area is 129 Å². The molecule has 4 nitrogen and oxygen atoms in total. The molecule has 1 aromatic carbocycles. The van der Waals surface area contributed by atoms with Gasteiger partial charge in [0.2, 0.25) is 11.8 Å². The molecule has 2 fully saturated rings. The van der Waals surface area contributed by atoms with Crippen molar-refractivity contribution in [1.82, 2.24) is 9.80 Å². The Balaban J connectivity index is 1.53. The van der Waals surface area contributed by atoms with Crippen molar-refractivity contribution in [1.29, 1.82) is 0 Å². The highest BCUT2D eigenvalue weighted by molar-refractivity contribution is 6.31. The number of rotatable bonds is 3. The van der Waals surface area contributed by atoms with Crippen LogP contribution in [0.25, 0.3) is 0 Å². The minimum atomic E-state index is 0.0848. The number of hydrogen-bond acceptors (Lipinski definition) is 2. The van der Waals surface area contributed by atoms with Crippen LogP contribution in [0.2, 0.25) is 5.02 Å². The number of carbonyl (C=O) groups excluding carboxylic acids is 2. The van der Waals surface area contributed by atoms with Crippen molar-refractivity contribution in [3.05, 3.63) is 34.9 Å². The van der Waals surface area contributed by atoms with Crippen LogP contribution in [0.15, 0.2) is 24.3 Å². The average Bonchev–Trinajstić information content (AvgIpc) is 3.34. The van der Waals surface area contributed by atoms with Crippen LogP contribution in [0, 0.1) is 5.92 Å². The lowest BCUT2D eigenvalue weighted by atomic mass is 10.1. The Bertz CT molecular complexity index is 549. The average molecular weight is 307 g/mol. The van der Waals surface area contributed by atoms with Gasteiger partial charge in [-0.1, -0.05) is 29.8 Å². The summed E-state index contributed by atoms with van der Waals surface area (Å²) in [6, 6.07) is 7.43. The van der Waals surface area contributed by atoms with Crippen molar-refractivity contribution in [2.75, 3.05) is 26.2 Å². The lowest BCUT2D eigenvalue weighted by Crippen LogP contribution is -2.51. The summed E-state index contributed by atoms with van der Waals surface area (Å²) < 4.78 is 0. The number of amides is 2. The van der Waals surface area contributed by atoms with Crippen molar-refractivity contribution in [3.8, 4) is 0 Å². The molecule has 1 aliphatic heterocycles. The van der Waals surface area contributed by atoms with Crippen LogP contribution in [0.5, 0.6) is 0 Å². The summed E-state index contributed by atoms with van der Waals surface area (Å²) in [6.07, 6.45) is 2.39. The zero-order chi connectivity index (χ0) is 14.8. The highest BCUT2D eigenvalue weighted by Gasteiger charge is 2.35. The van der Waals surface area contributed by atoms with Crippen molar-refractivity contribution in [2.45, 2.75) is 19.3 Å². The maximum absolute atomic E-state index is 12.3. The molecule has 0 spiro atoms. The largest absolute Gasteiger partial charge is 0.339 e. The van der Waals surface area contributed by atoms with Gasteiger partial charge in [-0.05, 0) is 24.5 Å². The summed E-state index contributed by atoms with van der Waals surface area (Å²) in [7, 11) is 0. The summed E-state index contributed by atoms with van der Waals surface area (Å²) in [5.41, 5.74) is 0.862. The quantitative estimate of drug-likeness (QED) is 0.856. The van der Waals surface area contributed by atoms with E-state index in [0.717, 1.165) is 18.4 Å². The fourth-order valence-electron chi connectivity index (χ4n) is 2.68. The lowest BCUT2D eigenvalue weighted by molar-refractivity contribution is -0.140. The molecule has 2 aliphatic rings. The number of piperazine rings is 1. The molecule has 1 aromatic rings. The van der Waals surface area contributed by atoms with Crippen molar-refractivity contribution in [3.63, 3.8) is 0 Å². The molecule has 1 aliphatic carbocycles. The molecule has 21 heavy (non-hydrogen) atoms. The second-order valence-corrected chi connectivity index (χ2v) is 6.16.